The third-order valence-electron chi connectivity index (χ3n) is 2.63. The number of ether oxygens (including phenoxy) is 3. The van der Waals surface area contributed by atoms with Gasteiger partial charge in [0.25, 0.3) is 0 Å². The number of methoxy groups -OCH3 is 1. The molecule has 0 bridgehead atoms. The van der Waals surface area contributed by atoms with Gasteiger partial charge in [0.2, 0.25) is 5.43 Å². The summed E-state index contributed by atoms with van der Waals surface area (Å²) < 4.78 is 16.9. The van der Waals surface area contributed by atoms with Crippen molar-refractivity contribution in [3.63, 3.8) is 0 Å². The molecular formula is C13H20N2O6. The van der Waals surface area contributed by atoms with E-state index >= 15 is 0 Å². The predicted octanol–water partition coefficient (Wildman–Crippen LogP) is -0.192. The number of rotatable bonds is 10. The highest BCUT2D eigenvalue weighted by Gasteiger charge is 2.11. The number of carboxylic acid groups (broad SMARTS) is 1. The number of aromatic nitrogens is 1. The van der Waals surface area contributed by atoms with Gasteiger partial charge in [0.1, 0.15) is 5.56 Å². The standard InChI is InChI=1S/C13H20N2O6/c1-19-4-5-21-7-6-20-3-2-15-8-10(13(17)18)12(16)11(14)9-15/h8-9H,2-7,14H2,1H3,(H,17,18). The van der Waals surface area contributed by atoms with Gasteiger partial charge < -0.3 is 29.6 Å². The van der Waals surface area contributed by atoms with Crippen LogP contribution in [-0.2, 0) is 20.8 Å². The number of hydrogen-bond acceptors (Lipinski definition) is 6. The van der Waals surface area contributed by atoms with E-state index in [4.69, 9.17) is 25.1 Å². The van der Waals surface area contributed by atoms with E-state index in [1.807, 2.05) is 0 Å². The van der Waals surface area contributed by atoms with Gasteiger partial charge in [0.15, 0.2) is 0 Å². The third kappa shape index (κ3) is 5.94. The number of aromatic carboxylic acids is 1. The summed E-state index contributed by atoms with van der Waals surface area (Å²) >= 11 is 0. The Balaban J connectivity index is 2.36. The maximum atomic E-state index is 11.5. The van der Waals surface area contributed by atoms with Gasteiger partial charge in [0.05, 0.1) is 38.7 Å². The van der Waals surface area contributed by atoms with Crippen LogP contribution in [0.5, 0.6) is 0 Å². The quantitative estimate of drug-likeness (QED) is 0.576. The fourth-order valence-electron chi connectivity index (χ4n) is 1.57. The lowest BCUT2D eigenvalue weighted by Gasteiger charge is -2.09. The normalized spacial score (nSPS) is 10.7. The van der Waals surface area contributed by atoms with Crippen molar-refractivity contribution in [2.45, 2.75) is 6.54 Å². The van der Waals surface area contributed by atoms with Crippen molar-refractivity contribution < 1.29 is 24.1 Å². The van der Waals surface area contributed by atoms with Crippen molar-refractivity contribution >= 4 is 11.7 Å². The first kappa shape index (κ1) is 17.2. The number of nitrogen functional groups attached to an aromatic ring is 1. The van der Waals surface area contributed by atoms with Crippen LogP contribution in [0.4, 0.5) is 5.69 Å². The van der Waals surface area contributed by atoms with Gasteiger partial charge in [-0.25, -0.2) is 4.79 Å². The second kappa shape index (κ2) is 9.11. The Morgan fingerprint density at radius 3 is 2.43 bits per heavy atom. The average Bonchev–Trinajstić information content (AvgIpc) is 2.45. The van der Waals surface area contributed by atoms with Crippen LogP contribution in [0.1, 0.15) is 10.4 Å². The molecule has 0 aliphatic carbocycles. The number of nitrogens with zero attached hydrogens (tertiary/aromatic N) is 1. The molecule has 1 aromatic rings. The fraction of sp³-hybridized carbons (Fsp3) is 0.538. The van der Waals surface area contributed by atoms with Gasteiger partial charge >= 0.3 is 5.97 Å². The zero-order chi connectivity index (χ0) is 15.7. The number of nitrogens with two attached hydrogens (primary N) is 1. The molecule has 8 nitrogen and oxygen atoms in total. The van der Waals surface area contributed by atoms with E-state index in [0.717, 1.165) is 0 Å². The maximum Gasteiger partial charge on any atom is 0.341 e. The monoisotopic (exact) mass is 300 g/mol. The van der Waals surface area contributed by atoms with E-state index in [9.17, 15) is 9.59 Å². The number of hydrogen-bond donors (Lipinski definition) is 2. The number of pyridine rings is 1. The van der Waals surface area contributed by atoms with Crippen molar-refractivity contribution in [1.29, 1.82) is 0 Å². The van der Waals surface area contributed by atoms with E-state index < -0.39 is 11.4 Å². The summed E-state index contributed by atoms with van der Waals surface area (Å²) in [6.07, 6.45) is 2.65. The highest BCUT2D eigenvalue weighted by Crippen LogP contribution is 2.00. The molecule has 0 amide bonds. The molecule has 0 unspecified atom stereocenters. The zero-order valence-corrected chi connectivity index (χ0v) is 11.9. The Labute approximate surface area is 122 Å². The Morgan fingerprint density at radius 2 is 1.81 bits per heavy atom. The van der Waals surface area contributed by atoms with E-state index in [0.29, 0.717) is 39.6 Å². The Morgan fingerprint density at radius 1 is 1.19 bits per heavy atom. The van der Waals surface area contributed by atoms with Crippen molar-refractivity contribution in [3.8, 4) is 0 Å². The largest absolute Gasteiger partial charge is 0.477 e. The Kier molecular flexibility index (Phi) is 7.44. The molecule has 8 heteroatoms. The summed E-state index contributed by atoms with van der Waals surface area (Å²) in [4.78, 5) is 22.4. The highest BCUT2D eigenvalue weighted by molar-refractivity contribution is 5.88. The summed E-state index contributed by atoms with van der Waals surface area (Å²) in [5, 5.41) is 8.90. The number of carboxylic acids is 1. The van der Waals surface area contributed by atoms with Crippen LogP contribution in [0.3, 0.4) is 0 Å². The van der Waals surface area contributed by atoms with Crippen molar-refractivity contribution in [2.24, 2.45) is 0 Å². The van der Waals surface area contributed by atoms with Gasteiger partial charge in [-0.2, -0.15) is 0 Å². The van der Waals surface area contributed by atoms with Crippen molar-refractivity contribution in [1.82, 2.24) is 4.57 Å². The summed E-state index contributed by atoms with van der Waals surface area (Å²) in [7, 11) is 1.60. The molecule has 1 heterocycles. The topological polar surface area (TPSA) is 113 Å². The molecule has 0 saturated carbocycles. The molecule has 0 atom stereocenters. The summed E-state index contributed by atoms with van der Waals surface area (Å²) in [6.45, 7) is 2.67. The lowest BCUT2D eigenvalue weighted by Crippen LogP contribution is -2.22. The van der Waals surface area contributed by atoms with Crippen molar-refractivity contribution in [2.75, 3.05) is 45.9 Å². The SMILES string of the molecule is COCCOCCOCCn1cc(N)c(=O)c(C(=O)O)c1. The first-order valence-electron chi connectivity index (χ1n) is 6.43. The van der Waals surface area contributed by atoms with Crippen LogP contribution in [0.15, 0.2) is 17.2 Å². The zero-order valence-electron chi connectivity index (χ0n) is 11.9. The Bertz CT molecular complexity index is 514. The van der Waals surface area contributed by atoms with Crippen LogP contribution >= 0.6 is 0 Å². The first-order valence-corrected chi connectivity index (χ1v) is 6.43. The van der Waals surface area contributed by atoms with E-state index in [1.54, 1.807) is 7.11 Å². The predicted molar refractivity (Wildman–Crippen MR) is 75.6 cm³/mol. The van der Waals surface area contributed by atoms with Gasteiger partial charge in [-0.05, 0) is 0 Å². The van der Waals surface area contributed by atoms with Crippen LogP contribution in [-0.4, -0.2) is 55.8 Å². The molecule has 0 spiro atoms. The van der Waals surface area contributed by atoms with E-state index in [2.05, 4.69) is 0 Å². The summed E-state index contributed by atoms with van der Waals surface area (Å²) in [5.74, 6) is -1.30. The Hall–Kier alpha value is -1.90. The number of carbonyl (C=O) groups is 1. The van der Waals surface area contributed by atoms with E-state index in [-0.39, 0.29) is 11.3 Å². The molecule has 3 N–H and O–H groups in total. The van der Waals surface area contributed by atoms with Crippen LogP contribution in [0, 0.1) is 0 Å². The van der Waals surface area contributed by atoms with Crippen LogP contribution in [0.25, 0.3) is 0 Å². The fourth-order valence-corrected chi connectivity index (χ4v) is 1.57. The molecule has 21 heavy (non-hydrogen) atoms. The van der Waals surface area contributed by atoms with E-state index in [1.165, 1.54) is 17.0 Å². The van der Waals surface area contributed by atoms with Crippen LogP contribution < -0.4 is 11.2 Å². The van der Waals surface area contributed by atoms with Crippen LogP contribution in [0.2, 0.25) is 0 Å². The van der Waals surface area contributed by atoms with Gasteiger partial charge in [0, 0.05) is 26.0 Å². The second-order valence-corrected chi connectivity index (χ2v) is 4.22. The number of anilines is 1. The minimum atomic E-state index is -1.30. The molecule has 0 aromatic carbocycles. The highest BCUT2D eigenvalue weighted by atomic mass is 16.5. The van der Waals surface area contributed by atoms with Crippen molar-refractivity contribution in [3.05, 3.63) is 28.2 Å². The van der Waals surface area contributed by atoms with Gasteiger partial charge in [-0.1, -0.05) is 0 Å². The van der Waals surface area contributed by atoms with Gasteiger partial charge in [-0.3, -0.25) is 4.79 Å². The molecular weight excluding hydrogens is 280 g/mol. The molecule has 0 saturated heterocycles. The second-order valence-electron chi connectivity index (χ2n) is 4.22. The first-order chi connectivity index (χ1) is 10.1. The molecule has 118 valence electrons. The average molecular weight is 300 g/mol. The third-order valence-corrected chi connectivity index (χ3v) is 2.63. The minimum absolute atomic E-state index is 0.0993. The molecule has 1 rings (SSSR count). The lowest BCUT2D eigenvalue weighted by atomic mass is 10.2. The summed E-state index contributed by atoms with van der Waals surface area (Å²) in [6, 6.07) is 0. The molecule has 0 radical (unpaired) electrons. The molecule has 0 aliphatic heterocycles. The molecule has 0 fully saturated rings. The lowest BCUT2D eigenvalue weighted by molar-refractivity contribution is 0.0230. The maximum absolute atomic E-state index is 11.5. The summed E-state index contributed by atoms with van der Waals surface area (Å²) in [5.41, 5.74) is 4.37. The minimum Gasteiger partial charge on any atom is -0.477 e. The smallest absolute Gasteiger partial charge is 0.341 e. The molecule has 0 aliphatic rings. The van der Waals surface area contributed by atoms with Gasteiger partial charge in [-0.15, -0.1) is 0 Å². The molecule has 1 aromatic heterocycles.